The average Bonchev–Trinajstić information content (AvgIpc) is 3.09. The topological polar surface area (TPSA) is 104 Å². The van der Waals surface area contributed by atoms with Crippen LogP contribution < -0.4 is 10.6 Å². The first kappa shape index (κ1) is 19.3. The third kappa shape index (κ3) is 3.93. The molecule has 3 heterocycles. The van der Waals surface area contributed by atoms with Gasteiger partial charge in [-0.1, -0.05) is 20.3 Å². The molecule has 1 saturated carbocycles. The van der Waals surface area contributed by atoms with Crippen LogP contribution in [0.2, 0.25) is 0 Å². The lowest BCUT2D eigenvalue weighted by Gasteiger charge is -2.25. The van der Waals surface area contributed by atoms with Crippen molar-refractivity contribution >= 4 is 23.2 Å². The molecule has 0 radical (unpaired) electrons. The molecule has 0 bridgehead atoms. The number of aliphatic hydroxyl groups excluding tert-OH is 1. The van der Waals surface area contributed by atoms with Crippen molar-refractivity contribution < 1.29 is 9.90 Å². The number of hydrogen-bond acceptors (Lipinski definition) is 6. The number of aliphatic hydroxyl groups is 1. The van der Waals surface area contributed by atoms with E-state index in [4.69, 9.17) is 4.98 Å². The van der Waals surface area contributed by atoms with Gasteiger partial charge < -0.3 is 15.7 Å². The Morgan fingerprint density at radius 3 is 2.79 bits per heavy atom. The van der Waals surface area contributed by atoms with Gasteiger partial charge in [-0.3, -0.25) is 9.78 Å². The predicted molar refractivity (Wildman–Crippen MR) is 111 cm³/mol. The van der Waals surface area contributed by atoms with Crippen LogP contribution in [-0.2, 0) is 0 Å². The molecule has 8 nitrogen and oxygen atoms in total. The number of nitrogens with zero attached hydrogens (tertiary/aromatic N) is 4. The highest BCUT2D eigenvalue weighted by Gasteiger charge is 2.25. The van der Waals surface area contributed by atoms with Gasteiger partial charge in [0.2, 0.25) is 0 Å². The number of aromatic nitrogens is 4. The van der Waals surface area contributed by atoms with E-state index in [1.165, 1.54) is 12.6 Å². The van der Waals surface area contributed by atoms with E-state index in [1.807, 2.05) is 20.0 Å². The largest absolute Gasteiger partial charge is 0.394 e. The molecule has 0 aliphatic heterocycles. The standard InChI is InChI=1S/C21H26N6O2/c1-13(2)17(12-28)24-18-9-19(26-21(29)15-7-4-8-22-10-15)27-20(25-18)16(11-23-27)14-5-3-6-14/h4,7-11,13-14,17,28H,3,5-6,12H2,1-2H3,(H,24,25)(H,26,29). The minimum atomic E-state index is -0.264. The summed E-state index contributed by atoms with van der Waals surface area (Å²) in [5, 5.41) is 20.4. The number of rotatable bonds is 7. The summed E-state index contributed by atoms with van der Waals surface area (Å²) in [4.78, 5) is 21.5. The van der Waals surface area contributed by atoms with Crippen LogP contribution in [0.4, 0.5) is 11.6 Å². The Morgan fingerprint density at radius 1 is 1.34 bits per heavy atom. The molecule has 3 aromatic rings. The lowest BCUT2D eigenvalue weighted by molar-refractivity contribution is 0.102. The lowest BCUT2D eigenvalue weighted by Crippen LogP contribution is -2.30. The lowest BCUT2D eigenvalue weighted by atomic mass is 9.81. The van der Waals surface area contributed by atoms with Gasteiger partial charge in [0.15, 0.2) is 5.65 Å². The number of hydrogen-bond donors (Lipinski definition) is 3. The Balaban J connectivity index is 1.72. The SMILES string of the molecule is CC(C)C(CO)Nc1cc(NC(=O)c2cccnc2)n2ncc(C3CCC3)c2n1. The average molecular weight is 394 g/mol. The first-order valence-electron chi connectivity index (χ1n) is 10.0. The highest BCUT2D eigenvalue weighted by Crippen LogP contribution is 2.38. The summed E-state index contributed by atoms with van der Waals surface area (Å²) in [5.74, 6) is 1.54. The minimum absolute atomic E-state index is 0.00333. The molecule has 1 unspecified atom stereocenters. The van der Waals surface area contributed by atoms with E-state index in [0.717, 1.165) is 24.1 Å². The van der Waals surface area contributed by atoms with Gasteiger partial charge in [0, 0.05) is 24.0 Å². The number of amides is 1. The van der Waals surface area contributed by atoms with E-state index in [1.54, 1.807) is 28.9 Å². The molecule has 152 valence electrons. The van der Waals surface area contributed by atoms with E-state index in [2.05, 4.69) is 20.7 Å². The third-order valence-corrected chi connectivity index (χ3v) is 5.54. The van der Waals surface area contributed by atoms with E-state index >= 15 is 0 Å². The molecule has 1 aliphatic rings. The smallest absolute Gasteiger partial charge is 0.258 e. The monoisotopic (exact) mass is 394 g/mol. The summed E-state index contributed by atoms with van der Waals surface area (Å²) in [6.45, 7) is 4.07. The molecular formula is C21H26N6O2. The number of pyridine rings is 1. The first-order chi connectivity index (χ1) is 14.1. The van der Waals surface area contributed by atoms with Crippen molar-refractivity contribution in [2.75, 3.05) is 17.2 Å². The second-order valence-electron chi connectivity index (χ2n) is 7.86. The van der Waals surface area contributed by atoms with Crippen LogP contribution in [0.1, 0.15) is 54.9 Å². The predicted octanol–water partition coefficient (Wildman–Crippen LogP) is 3.07. The summed E-state index contributed by atoms with van der Waals surface area (Å²) in [6, 6.07) is 5.05. The molecular weight excluding hydrogens is 368 g/mol. The summed E-state index contributed by atoms with van der Waals surface area (Å²) >= 11 is 0. The fourth-order valence-electron chi connectivity index (χ4n) is 3.45. The Bertz CT molecular complexity index is 997. The minimum Gasteiger partial charge on any atom is -0.394 e. The van der Waals surface area contributed by atoms with Crippen LogP contribution in [0, 0.1) is 5.92 Å². The van der Waals surface area contributed by atoms with Crippen molar-refractivity contribution in [1.29, 1.82) is 0 Å². The highest BCUT2D eigenvalue weighted by atomic mass is 16.3. The van der Waals surface area contributed by atoms with Crippen molar-refractivity contribution in [3.63, 3.8) is 0 Å². The fourth-order valence-corrected chi connectivity index (χ4v) is 3.45. The molecule has 1 aliphatic carbocycles. The third-order valence-electron chi connectivity index (χ3n) is 5.54. The zero-order valence-corrected chi connectivity index (χ0v) is 16.7. The van der Waals surface area contributed by atoms with Crippen molar-refractivity contribution in [1.82, 2.24) is 19.6 Å². The zero-order valence-electron chi connectivity index (χ0n) is 16.7. The van der Waals surface area contributed by atoms with Gasteiger partial charge in [0.25, 0.3) is 5.91 Å². The number of anilines is 2. The molecule has 0 saturated heterocycles. The molecule has 8 heteroatoms. The van der Waals surface area contributed by atoms with Crippen LogP contribution in [0.15, 0.2) is 36.8 Å². The second-order valence-corrected chi connectivity index (χ2v) is 7.86. The Kier molecular flexibility index (Phi) is 5.44. The summed E-state index contributed by atoms with van der Waals surface area (Å²) in [6.07, 6.45) is 8.47. The zero-order chi connectivity index (χ0) is 20.4. The van der Waals surface area contributed by atoms with Gasteiger partial charge in [0.05, 0.1) is 24.4 Å². The molecule has 3 aromatic heterocycles. The number of nitrogens with one attached hydrogen (secondary N) is 2. The number of carbonyl (C=O) groups is 1. The molecule has 4 rings (SSSR count). The molecule has 1 atom stereocenters. The maximum Gasteiger partial charge on any atom is 0.258 e. The maximum atomic E-state index is 12.7. The van der Waals surface area contributed by atoms with Gasteiger partial charge in [0.1, 0.15) is 11.6 Å². The van der Waals surface area contributed by atoms with Crippen molar-refractivity contribution in [3.05, 3.63) is 47.9 Å². The van der Waals surface area contributed by atoms with E-state index in [-0.39, 0.29) is 24.5 Å². The van der Waals surface area contributed by atoms with Crippen LogP contribution in [-0.4, -0.2) is 43.2 Å². The molecule has 1 fully saturated rings. The van der Waals surface area contributed by atoms with E-state index in [9.17, 15) is 9.90 Å². The summed E-state index contributed by atoms with van der Waals surface area (Å²) < 4.78 is 1.68. The second kappa shape index (κ2) is 8.16. The van der Waals surface area contributed by atoms with Gasteiger partial charge in [-0.05, 0) is 36.8 Å². The Morgan fingerprint density at radius 2 is 2.17 bits per heavy atom. The van der Waals surface area contributed by atoms with E-state index < -0.39 is 0 Å². The van der Waals surface area contributed by atoms with Crippen LogP contribution in [0.25, 0.3) is 5.65 Å². The van der Waals surface area contributed by atoms with Crippen molar-refractivity contribution in [2.45, 2.75) is 45.1 Å². The van der Waals surface area contributed by atoms with Crippen LogP contribution in [0.3, 0.4) is 0 Å². The van der Waals surface area contributed by atoms with Crippen LogP contribution in [0.5, 0.6) is 0 Å². The normalized spacial score (nSPS) is 15.3. The maximum absolute atomic E-state index is 12.7. The van der Waals surface area contributed by atoms with Crippen molar-refractivity contribution in [3.8, 4) is 0 Å². The van der Waals surface area contributed by atoms with Gasteiger partial charge in [-0.15, -0.1) is 0 Å². The van der Waals surface area contributed by atoms with Gasteiger partial charge >= 0.3 is 0 Å². The summed E-state index contributed by atoms with van der Waals surface area (Å²) in [5.41, 5.74) is 2.30. The van der Waals surface area contributed by atoms with E-state index in [0.29, 0.717) is 23.1 Å². The Hall–Kier alpha value is -3.00. The number of carbonyl (C=O) groups excluding carboxylic acids is 1. The highest BCUT2D eigenvalue weighted by molar-refractivity contribution is 6.03. The molecule has 3 N–H and O–H groups in total. The van der Waals surface area contributed by atoms with Gasteiger partial charge in [-0.25, -0.2) is 4.98 Å². The van der Waals surface area contributed by atoms with Crippen LogP contribution >= 0.6 is 0 Å². The first-order valence-corrected chi connectivity index (χ1v) is 10.0. The fraction of sp³-hybridized carbons (Fsp3) is 0.429. The molecule has 0 spiro atoms. The van der Waals surface area contributed by atoms with Crippen molar-refractivity contribution in [2.24, 2.45) is 5.92 Å². The quantitative estimate of drug-likeness (QED) is 0.569. The molecule has 1 amide bonds. The Labute approximate surface area is 169 Å². The number of fused-ring (bicyclic) bond motifs is 1. The summed E-state index contributed by atoms with van der Waals surface area (Å²) in [7, 11) is 0. The molecule has 0 aromatic carbocycles. The molecule has 29 heavy (non-hydrogen) atoms. The van der Waals surface area contributed by atoms with Gasteiger partial charge in [-0.2, -0.15) is 9.61 Å².